The second kappa shape index (κ2) is 10.4. The van der Waals surface area contributed by atoms with Gasteiger partial charge in [0.2, 0.25) is 0 Å². The predicted octanol–water partition coefficient (Wildman–Crippen LogP) is 1.50. The molecule has 4 aromatic rings. The van der Waals surface area contributed by atoms with Gasteiger partial charge >= 0.3 is 202 Å². The fourth-order valence-corrected chi connectivity index (χ4v) is 17.1. The van der Waals surface area contributed by atoms with Crippen LogP contribution in [0, 0.1) is 6.92 Å². The van der Waals surface area contributed by atoms with Crippen LogP contribution in [0.2, 0.25) is 0 Å². The van der Waals surface area contributed by atoms with Gasteiger partial charge in [-0.25, -0.2) is 0 Å². The van der Waals surface area contributed by atoms with Gasteiger partial charge in [0.25, 0.3) is 0 Å². The van der Waals surface area contributed by atoms with E-state index in [2.05, 4.69) is 122 Å². The molecule has 0 fully saturated rings. The molecule has 0 saturated carbocycles. The second-order valence-corrected chi connectivity index (χ2v) is 18.4. The fourth-order valence-electron chi connectivity index (χ4n) is 5.84. The van der Waals surface area contributed by atoms with Crippen molar-refractivity contribution in [3.63, 3.8) is 0 Å². The van der Waals surface area contributed by atoms with Gasteiger partial charge in [0.15, 0.2) is 0 Å². The molecule has 2 aliphatic rings. The normalized spacial score (nSPS) is 14.4. The van der Waals surface area contributed by atoms with E-state index in [1.807, 2.05) is 0 Å². The number of rotatable bonds is 4. The Labute approximate surface area is 225 Å². The van der Waals surface area contributed by atoms with Crippen LogP contribution >= 0.6 is 0 Å². The van der Waals surface area contributed by atoms with Crippen LogP contribution in [-0.4, -0.2) is 4.21 Å². The van der Waals surface area contributed by atoms with Gasteiger partial charge in [-0.05, 0) is 0 Å². The third-order valence-electron chi connectivity index (χ3n) is 7.44. The van der Waals surface area contributed by atoms with Crippen molar-refractivity contribution in [2.75, 3.05) is 0 Å². The van der Waals surface area contributed by atoms with Crippen molar-refractivity contribution in [3.05, 3.63) is 135 Å². The first-order chi connectivity index (χ1) is 16.2. The Morgan fingerprint density at radius 2 is 1.23 bits per heavy atom. The third-order valence-corrected chi connectivity index (χ3v) is 18.6. The van der Waals surface area contributed by atoms with E-state index in [1.165, 1.54) is 42.2 Å². The van der Waals surface area contributed by atoms with Crippen LogP contribution < -0.4 is 28.1 Å². The van der Waals surface area contributed by atoms with Gasteiger partial charge < -0.3 is 24.8 Å². The number of benzene rings is 4. The topological polar surface area (TPSA) is 0 Å². The van der Waals surface area contributed by atoms with Crippen LogP contribution in [-0.2, 0) is 19.8 Å². The van der Waals surface area contributed by atoms with Gasteiger partial charge in [0.1, 0.15) is 0 Å². The molecule has 0 radical (unpaired) electrons. The summed E-state index contributed by atoms with van der Waals surface area (Å²) in [5, 5.41) is 0. The molecule has 0 N–H and O–H groups in total. The summed E-state index contributed by atoms with van der Waals surface area (Å²) in [7, 11) is 0. The van der Waals surface area contributed by atoms with Gasteiger partial charge in [0, 0.05) is 0 Å². The number of halogens is 2. The maximum Gasteiger partial charge on any atom is -1.00 e. The molecule has 1 atom stereocenters. The summed E-state index contributed by atoms with van der Waals surface area (Å²) < 4.78 is 8.76. The number of hydrogen-bond donors (Lipinski definition) is 0. The van der Waals surface area contributed by atoms with Gasteiger partial charge in [0.05, 0.1) is 0 Å². The molecule has 173 valence electrons. The van der Waals surface area contributed by atoms with E-state index < -0.39 is 19.8 Å². The van der Waals surface area contributed by atoms with Crippen molar-refractivity contribution in [1.29, 1.82) is 0 Å². The number of allylic oxidation sites excluding steroid dienone is 4. The summed E-state index contributed by atoms with van der Waals surface area (Å²) in [6.45, 7) is 2.15. The minimum Gasteiger partial charge on any atom is -1.00 e. The van der Waals surface area contributed by atoms with Gasteiger partial charge in [-0.2, -0.15) is 0 Å². The maximum absolute atomic E-state index is 5.31. The van der Waals surface area contributed by atoms with E-state index in [-0.39, 0.29) is 24.8 Å². The second-order valence-electron chi connectivity index (χ2n) is 9.31. The molecule has 0 spiro atoms. The van der Waals surface area contributed by atoms with E-state index in [0.717, 1.165) is 6.42 Å². The Balaban J connectivity index is 0.00000144. The number of hydrogen-bond acceptors (Lipinski definition) is 0. The zero-order chi connectivity index (χ0) is 22.4. The molecule has 3 heteroatoms. The smallest absolute Gasteiger partial charge is 1.00 e. The summed E-state index contributed by atoms with van der Waals surface area (Å²) in [6, 6.07) is 36.2. The molecule has 6 rings (SSSR count). The Morgan fingerprint density at radius 1 is 0.686 bits per heavy atom. The Bertz CT molecular complexity index is 1430. The molecular formula is C32H27Cl2Zr. The van der Waals surface area contributed by atoms with Crippen molar-refractivity contribution in [3.8, 4) is 22.3 Å². The summed E-state index contributed by atoms with van der Waals surface area (Å²) in [5.74, 6) is 0. The predicted molar refractivity (Wildman–Crippen MR) is 139 cm³/mol. The van der Waals surface area contributed by atoms with Crippen LogP contribution in [0.25, 0.3) is 22.3 Å². The average Bonchev–Trinajstić information content (AvgIpc) is 3.52. The molecule has 0 aliphatic heterocycles. The van der Waals surface area contributed by atoms with E-state index in [9.17, 15) is 0 Å². The molecule has 0 amide bonds. The summed E-state index contributed by atoms with van der Waals surface area (Å²) in [5.41, 5.74) is 9.67. The van der Waals surface area contributed by atoms with Gasteiger partial charge in [-0.15, -0.1) is 0 Å². The van der Waals surface area contributed by atoms with Crippen LogP contribution in [0.1, 0.15) is 26.7 Å². The molecule has 2 aliphatic carbocycles. The van der Waals surface area contributed by atoms with Crippen LogP contribution in [0.15, 0.2) is 119 Å². The van der Waals surface area contributed by atoms with Gasteiger partial charge in [-0.3, -0.25) is 0 Å². The molecule has 0 bridgehead atoms. The molecule has 4 aromatic carbocycles. The zero-order valence-corrected chi connectivity index (χ0v) is 23.7. The molecule has 35 heavy (non-hydrogen) atoms. The summed E-state index contributed by atoms with van der Waals surface area (Å²) in [6.07, 6.45) is 7.97. The van der Waals surface area contributed by atoms with E-state index >= 15 is 0 Å². The van der Waals surface area contributed by atoms with Crippen molar-refractivity contribution in [2.45, 2.75) is 17.0 Å². The van der Waals surface area contributed by atoms with Crippen LogP contribution in [0.3, 0.4) is 0 Å². The number of aryl methyl sites for hydroxylation is 1. The van der Waals surface area contributed by atoms with Crippen molar-refractivity contribution >= 4 is 7.48 Å². The molecule has 0 nitrogen and oxygen atoms in total. The van der Waals surface area contributed by atoms with Crippen molar-refractivity contribution < 1.29 is 44.6 Å². The van der Waals surface area contributed by atoms with E-state index in [1.54, 1.807) is 3.28 Å². The first-order valence-corrected chi connectivity index (χ1v) is 17.4. The molecule has 0 saturated heterocycles. The minimum atomic E-state index is -3.49. The third kappa shape index (κ3) is 4.19. The first-order valence-electron chi connectivity index (χ1n) is 11.7. The molecule has 1 unspecified atom stereocenters. The standard InChI is InChI=1S/C13H9.C13H11.C5H5.CH2.2ClH.Zr/c1-3-7-12-10(5-1)9-11-6-2-4-8-13(11)12;1-11-7-9-13(10-8-11)12-5-3-2-4-6-12;1-2-4-5-3-1;;;;/h1-9H;2-5,7-10H,1H3;1-3H,4H2;1H2;2*1H;/q;;;;;;+2/p-2. The Kier molecular flexibility index (Phi) is 7.63. The molecule has 0 heterocycles. The van der Waals surface area contributed by atoms with Gasteiger partial charge in [-0.1, -0.05) is 0 Å². The molecule has 0 aromatic heterocycles. The zero-order valence-electron chi connectivity index (χ0n) is 19.7. The minimum absolute atomic E-state index is 0. The average molecular weight is 574 g/mol. The monoisotopic (exact) mass is 571 g/mol. The van der Waals surface area contributed by atoms with E-state index in [4.69, 9.17) is 4.21 Å². The Hall–Kier alpha value is -2.31. The molecular weight excluding hydrogens is 546 g/mol. The first kappa shape index (κ1) is 25.8. The quantitative estimate of drug-likeness (QED) is 0.347. The van der Waals surface area contributed by atoms with E-state index in [0.29, 0.717) is 3.63 Å². The van der Waals surface area contributed by atoms with Crippen LogP contribution in [0.5, 0.6) is 0 Å². The SMILES string of the molecule is [CH2]=[Zr+2]([C]1=CC=CC1)([c]1ccccc1-c1ccc(C)cc1)[CH]1c2ccccc2-c2ccccc21.[Cl-].[Cl-]. The maximum atomic E-state index is 5.31. The fraction of sp³-hybridized carbons (Fsp3) is 0.0938. The summed E-state index contributed by atoms with van der Waals surface area (Å²) in [4.78, 5) is 0. The van der Waals surface area contributed by atoms with Crippen molar-refractivity contribution in [1.82, 2.24) is 0 Å². The Morgan fingerprint density at radius 3 is 1.80 bits per heavy atom. The van der Waals surface area contributed by atoms with Crippen LogP contribution in [0.4, 0.5) is 0 Å². The largest absolute Gasteiger partial charge is 1.00 e. The van der Waals surface area contributed by atoms with Crippen molar-refractivity contribution in [2.24, 2.45) is 0 Å². The number of fused-ring (bicyclic) bond motifs is 3. The summed E-state index contributed by atoms with van der Waals surface area (Å²) >= 11 is -3.49.